The maximum atomic E-state index is 13.0. The third-order valence-electron chi connectivity index (χ3n) is 4.90. The molecule has 0 unspecified atom stereocenters. The van der Waals surface area contributed by atoms with E-state index in [2.05, 4.69) is 17.2 Å². The van der Waals surface area contributed by atoms with Crippen molar-refractivity contribution in [2.24, 2.45) is 5.92 Å². The summed E-state index contributed by atoms with van der Waals surface area (Å²) in [4.78, 5) is 28.5. The number of nitrogens with zero attached hydrogens (tertiary/aromatic N) is 1. The first-order chi connectivity index (χ1) is 12.4. The standard InChI is InChI=1S/C19H21FN2O3S/c1-12-6-8-19(9-7-12,18(24)25)22-16(23)10-15-11-26-17(21-15)13-2-4-14(20)5-3-13/h2-5,11-12H,6-10H2,1H3,(H,22,23)(H,24,25). The second kappa shape index (κ2) is 7.53. The zero-order valence-corrected chi connectivity index (χ0v) is 15.3. The Kier molecular flexibility index (Phi) is 5.36. The molecule has 0 radical (unpaired) electrons. The van der Waals surface area contributed by atoms with Crippen molar-refractivity contribution in [3.05, 3.63) is 41.2 Å². The minimum atomic E-state index is -1.17. The van der Waals surface area contributed by atoms with Crippen molar-refractivity contribution in [3.8, 4) is 10.6 Å². The minimum Gasteiger partial charge on any atom is -0.480 e. The normalized spacial score (nSPS) is 22.8. The molecule has 0 bridgehead atoms. The number of rotatable bonds is 5. The predicted octanol–water partition coefficient (Wildman–Crippen LogP) is 3.64. The van der Waals surface area contributed by atoms with Gasteiger partial charge in [-0.15, -0.1) is 11.3 Å². The van der Waals surface area contributed by atoms with Crippen LogP contribution >= 0.6 is 11.3 Å². The fraction of sp³-hybridized carbons (Fsp3) is 0.421. The Morgan fingerprint density at radius 1 is 1.31 bits per heavy atom. The molecular weight excluding hydrogens is 355 g/mol. The smallest absolute Gasteiger partial charge is 0.329 e. The van der Waals surface area contributed by atoms with Gasteiger partial charge in [0, 0.05) is 10.9 Å². The molecule has 1 fully saturated rings. The van der Waals surface area contributed by atoms with Gasteiger partial charge in [-0.1, -0.05) is 6.92 Å². The molecule has 1 aliphatic carbocycles. The summed E-state index contributed by atoms with van der Waals surface area (Å²) in [5.74, 6) is -1.14. The summed E-state index contributed by atoms with van der Waals surface area (Å²) >= 11 is 1.37. The summed E-state index contributed by atoms with van der Waals surface area (Å²) in [6.45, 7) is 2.10. The highest BCUT2D eigenvalue weighted by Gasteiger charge is 2.42. The molecule has 0 atom stereocenters. The van der Waals surface area contributed by atoms with Gasteiger partial charge in [0.1, 0.15) is 16.4 Å². The summed E-state index contributed by atoms with van der Waals surface area (Å²) in [6.07, 6.45) is 2.51. The quantitative estimate of drug-likeness (QED) is 0.835. The predicted molar refractivity (Wildman–Crippen MR) is 97.4 cm³/mol. The van der Waals surface area contributed by atoms with Gasteiger partial charge in [0.2, 0.25) is 5.91 Å². The molecule has 1 aromatic carbocycles. The SMILES string of the molecule is CC1CCC(NC(=O)Cc2csc(-c3ccc(F)cc3)n2)(C(=O)O)CC1. The van der Waals surface area contributed by atoms with Crippen molar-refractivity contribution in [3.63, 3.8) is 0 Å². The van der Waals surface area contributed by atoms with E-state index in [0.29, 0.717) is 29.5 Å². The molecular formula is C19H21FN2O3S. The summed E-state index contributed by atoms with van der Waals surface area (Å²) in [5.41, 5.74) is 0.197. The third kappa shape index (κ3) is 4.09. The van der Waals surface area contributed by atoms with Crippen LogP contribution in [-0.4, -0.2) is 27.5 Å². The maximum absolute atomic E-state index is 13.0. The van der Waals surface area contributed by atoms with E-state index in [1.807, 2.05) is 0 Å². The van der Waals surface area contributed by atoms with E-state index in [-0.39, 0.29) is 18.1 Å². The van der Waals surface area contributed by atoms with Gasteiger partial charge >= 0.3 is 5.97 Å². The Morgan fingerprint density at radius 3 is 2.58 bits per heavy atom. The van der Waals surface area contributed by atoms with Crippen molar-refractivity contribution < 1.29 is 19.1 Å². The number of aliphatic carboxylic acids is 1. The van der Waals surface area contributed by atoms with Gasteiger partial charge in [-0.05, 0) is 55.9 Å². The van der Waals surface area contributed by atoms with Crippen molar-refractivity contribution in [1.29, 1.82) is 0 Å². The van der Waals surface area contributed by atoms with Crippen LogP contribution in [0.4, 0.5) is 4.39 Å². The average molecular weight is 376 g/mol. The summed E-state index contributed by atoms with van der Waals surface area (Å²) in [5, 5.41) is 14.8. The second-order valence-corrected chi connectivity index (χ2v) is 7.80. The van der Waals surface area contributed by atoms with Crippen molar-refractivity contribution in [1.82, 2.24) is 10.3 Å². The molecule has 3 rings (SSSR count). The fourth-order valence-electron chi connectivity index (χ4n) is 3.24. The van der Waals surface area contributed by atoms with Crippen molar-refractivity contribution >= 4 is 23.2 Å². The van der Waals surface area contributed by atoms with Gasteiger partial charge in [-0.2, -0.15) is 0 Å². The highest BCUT2D eigenvalue weighted by molar-refractivity contribution is 7.13. The molecule has 26 heavy (non-hydrogen) atoms. The monoisotopic (exact) mass is 376 g/mol. The van der Waals surface area contributed by atoms with Crippen LogP contribution in [0.3, 0.4) is 0 Å². The van der Waals surface area contributed by atoms with Gasteiger partial charge in [0.05, 0.1) is 12.1 Å². The number of carbonyl (C=O) groups excluding carboxylic acids is 1. The summed E-state index contributed by atoms with van der Waals surface area (Å²) in [6, 6.07) is 6.01. The molecule has 1 amide bonds. The van der Waals surface area contributed by atoms with E-state index < -0.39 is 11.5 Å². The van der Waals surface area contributed by atoms with Crippen LogP contribution in [0.15, 0.2) is 29.6 Å². The number of nitrogens with one attached hydrogen (secondary N) is 1. The molecule has 0 spiro atoms. The lowest BCUT2D eigenvalue weighted by molar-refractivity contribution is -0.149. The molecule has 0 aliphatic heterocycles. The van der Waals surface area contributed by atoms with E-state index >= 15 is 0 Å². The Morgan fingerprint density at radius 2 is 1.96 bits per heavy atom. The van der Waals surface area contributed by atoms with E-state index in [4.69, 9.17) is 0 Å². The Bertz CT molecular complexity index is 795. The summed E-state index contributed by atoms with van der Waals surface area (Å²) in [7, 11) is 0. The molecule has 2 aromatic rings. The zero-order valence-electron chi connectivity index (χ0n) is 14.5. The van der Waals surface area contributed by atoms with Crippen molar-refractivity contribution in [2.45, 2.75) is 44.6 Å². The first kappa shape index (κ1) is 18.5. The van der Waals surface area contributed by atoms with Gasteiger partial charge in [-0.3, -0.25) is 4.79 Å². The van der Waals surface area contributed by atoms with Crippen LogP contribution < -0.4 is 5.32 Å². The highest BCUT2D eigenvalue weighted by atomic mass is 32.1. The van der Waals surface area contributed by atoms with E-state index in [0.717, 1.165) is 18.4 Å². The first-order valence-corrected chi connectivity index (χ1v) is 9.51. The summed E-state index contributed by atoms with van der Waals surface area (Å²) < 4.78 is 13.0. The molecule has 1 aliphatic rings. The first-order valence-electron chi connectivity index (χ1n) is 8.63. The van der Waals surface area contributed by atoms with Crippen molar-refractivity contribution in [2.75, 3.05) is 0 Å². The molecule has 5 nitrogen and oxygen atoms in total. The molecule has 7 heteroatoms. The fourth-order valence-corrected chi connectivity index (χ4v) is 4.06. The number of benzene rings is 1. The number of carboxylic acids is 1. The lowest BCUT2D eigenvalue weighted by atomic mass is 9.77. The van der Waals surface area contributed by atoms with E-state index in [1.54, 1.807) is 17.5 Å². The lowest BCUT2D eigenvalue weighted by Gasteiger charge is -2.36. The number of amides is 1. The number of halogens is 1. The number of thiazole rings is 1. The molecule has 1 aromatic heterocycles. The Hall–Kier alpha value is -2.28. The topological polar surface area (TPSA) is 79.3 Å². The number of carbonyl (C=O) groups is 2. The van der Waals surface area contributed by atoms with E-state index in [9.17, 15) is 19.1 Å². The highest BCUT2D eigenvalue weighted by Crippen LogP contribution is 2.32. The second-order valence-electron chi connectivity index (χ2n) is 6.95. The molecule has 1 heterocycles. The number of carboxylic acid groups (broad SMARTS) is 1. The Balaban J connectivity index is 1.66. The van der Waals surface area contributed by atoms with Crippen LogP contribution in [0.2, 0.25) is 0 Å². The van der Waals surface area contributed by atoms with Gasteiger partial charge < -0.3 is 10.4 Å². The average Bonchev–Trinajstić information content (AvgIpc) is 3.06. The maximum Gasteiger partial charge on any atom is 0.329 e. The lowest BCUT2D eigenvalue weighted by Crippen LogP contribution is -2.56. The van der Waals surface area contributed by atoms with Gasteiger partial charge in [0.25, 0.3) is 0 Å². The van der Waals surface area contributed by atoms with Crippen LogP contribution in [0, 0.1) is 11.7 Å². The molecule has 0 saturated heterocycles. The molecule has 1 saturated carbocycles. The third-order valence-corrected chi connectivity index (χ3v) is 5.84. The van der Waals surface area contributed by atoms with Crippen LogP contribution in [0.1, 0.15) is 38.3 Å². The molecule has 2 N–H and O–H groups in total. The largest absolute Gasteiger partial charge is 0.480 e. The number of aromatic nitrogens is 1. The van der Waals surface area contributed by atoms with Crippen LogP contribution in [0.5, 0.6) is 0 Å². The zero-order chi connectivity index (χ0) is 18.7. The van der Waals surface area contributed by atoms with E-state index in [1.165, 1.54) is 23.5 Å². The number of hydrogen-bond acceptors (Lipinski definition) is 4. The van der Waals surface area contributed by atoms with Gasteiger partial charge in [0.15, 0.2) is 0 Å². The van der Waals surface area contributed by atoms with Crippen LogP contribution in [0.25, 0.3) is 10.6 Å². The minimum absolute atomic E-state index is 0.0300. The molecule has 138 valence electrons. The Labute approximate surface area is 155 Å². The number of hydrogen-bond donors (Lipinski definition) is 2. The van der Waals surface area contributed by atoms with Crippen LogP contribution in [-0.2, 0) is 16.0 Å². The van der Waals surface area contributed by atoms with Gasteiger partial charge in [-0.25, -0.2) is 14.2 Å².